The first-order chi connectivity index (χ1) is 10.1. The summed E-state index contributed by atoms with van der Waals surface area (Å²) < 4.78 is 15.7. The first-order valence-corrected chi connectivity index (χ1v) is 7.35. The third kappa shape index (κ3) is 3.08. The average Bonchev–Trinajstić information content (AvgIpc) is 2.78. The van der Waals surface area contributed by atoms with Gasteiger partial charge in [0.2, 0.25) is 0 Å². The first kappa shape index (κ1) is 14.1. The van der Waals surface area contributed by atoms with Crippen molar-refractivity contribution in [3.63, 3.8) is 0 Å². The van der Waals surface area contributed by atoms with E-state index in [9.17, 15) is 4.39 Å². The highest BCUT2D eigenvalue weighted by Crippen LogP contribution is 2.20. The molecule has 1 fully saturated rings. The molecule has 5 heteroatoms. The first-order valence-electron chi connectivity index (χ1n) is 7.35. The quantitative estimate of drug-likeness (QED) is 0.865. The van der Waals surface area contributed by atoms with Gasteiger partial charge >= 0.3 is 0 Å². The van der Waals surface area contributed by atoms with Crippen molar-refractivity contribution in [2.24, 2.45) is 7.05 Å². The molecule has 21 heavy (non-hydrogen) atoms. The fourth-order valence-electron chi connectivity index (χ4n) is 2.90. The van der Waals surface area contributed by atoms with Crippen LogP contribution in [0.15, 0.2) is 30.3 Å². The maximum atomic E-state index is 13.8. The zero-order chi connectivity index (χ0) is 14.8. The predicted octanol–water partition coefficient (Wildman–Crippen LogP) is 2.19. The van der Waals surface area contributed by atoms with Crippen LogP contribution in [0.5, 0.6) is 0 Å². The highest BCUT2D eigenvalue weighted by molar-refractivity contribution is 5.47. The lowest BCUT2D eigenvalue weighted by atomic mass is 10.2. The van der Waals surface area contributed by atoms with Gasteiger partial charge in [0, 0.05) is 39.8 Å². The van der Waals surface area contributed by atoms with Gasteiger partial charge in [-0.1, -0.05) is 12.1 Å². The third-order valence-corrected chi connectivity index (χ3v) is 4.05. The molecule has 0 spiro atoms. The number of hydrogen-bond acceptors (Lipinski definition) is 3. The summed E-state index contributed by atoms with van der Waals surface area (Å²) in [5.74, 6) is -0.131. The SMILES string of the molecule is Cc1cc(CN2CCN(c3ccccc3F)CC2)n(C)n1. The fraction of sp³-hybridized carbons (Fsp3) is 0.438. The van der Waals surface area contributed by atoms with E-state index in [-0.39, 0.29) is 5.82 Å². The molecule has 1 aliphatic rings. The van der Waals surface area contributed by atoms with Crippen molar-refractivity contribution < 1.29 is 4.39 Å². The van der Waals surface area contributed by atoms with Crippen molar-refractivity contribution in [3.8, 4) is 0 Å². The number of nitrogens with zero attached hydrogens (tertiary/aromatic N) is 4. The van der Waals surface area contributed by atoms with Crippen LogP contribution in [0.4, 0.5) is 10.1 Å². The third-order valence-electron chi connectivity index (χ3n) is 4.05. The van der Waals surface area contributed by atoms with Crippen LogP contribution >= 0.6 is 0 Å². The van der Waals surface area contributed by atoms with E-state index in [1.807, 2.05) is 30.8 Å². The van der Waals surface area contributed by atoms with Gasteiger partial charge in [-0.15, -0.1) is 0 Å². The minimum absolute atomic E-state index is 0.131. The van der Waals surface area contributed by atoms with Gasteiger partial charge in [-0.2, -0.15) is 5.10 Å². The maximum Gasteiger partial charge on any atom is 0.146 e. The van der Waals surface area contributed by atoms with Crippen molar-refractivity contribution in [1.82, 2.24) is 14.7 Å². The van der Waals surface area contributed by atoms with E-state index in [0.29, 0.717) is 5.69 Å². The van der Waals surface area contributed by atoms with Crippen LogP contribution in [-0.4, -0.2) is 40.9 Å². The van der Waals surface area contributed by atoms with Crippen LogP contribution in [0.2, 0.25) is 0 Å². The van der Waals surface area contributed by atoms with Crippen LogP contribution in [0.25, 0.3) is 0 Å². The molecule has 0 unspecified atom stereocenters. The van der Waals surface area contributed by atoms with E-state index in [1.165, 1.54) is 11.8 Å². The molecule has 0 atom stereocenters. The Labute approximate surface area is 124 Å². The van der Waals surface area contributed by atoms with Crippen LogP contribution in [-0.2, 0) is 13.6 Å². The van der Waals surface area contributed by atoms with Gasteiger partial charge in [-0.05, 0) is 25.1 Å². The van der Waals surface area contributed by atoms with Gasteiger partial charge in [0.15, 0.2) is 0 Å². The van der Waals surface area contributed by atoms with E-state index in [0.717, 1.165) is 38.4 Å². The summed E-state index contributed by atoms with van der Waals surface area (Å²) in [5, 5.41) is 4.38. The van der Waals surface area contributed by atoms with Crippen LogP contribution in [0.1, 0.15) is 11.4 Å². The van der Waals surface area contributed by atoms with E-state index in [1.54, 1.807) is 6.07 Å². The largest absolute Gasteiger partial charge is 0.367 e. The Kier molecular flexibility index (Phi) is 3.92. The smallest absolute Gasteiger partial charge is 0.146 e. The molecule has 0 radical (unpaired) electrons. The maximum absolute atomic E-state index is 13.8. The number of anilines is 1. The zero-order valence-corrected chi connectivity index (χ0v) is 12.6. The Bertz CT molecular complexity index is 614. The monoisotopic (exact) mass is 288 g/mol. The standard InChI is InChI=1S/C16H21FN4/c1-13-11-14(19(2)18-13)12-20-7-9-21(10-8-20)16-6-4-3-5-15(16)17/h3-6,11H,7-10,12H2,1-2H3. The molecule has 1 aliphatic heterocycles. The molecule has 2 aromatic rings. The molecule has 4 nitrogen and oxygen atoms in total. The van der Waals surface area contributed by atoms with Crippen LogP contribution in [0, 0.1) is 12.7 Å². The highest BCUT2D eigenvalue weighted by Gasteiger charge is 2.20. The average molecular weight is 288 g/mol. The Morgan fingerprint density at radius 1 is 1.14 bits per heavy atom. The summed E-state index contributed by atoms with van der Waals surface area (Å²) in [6, 6.07) is 9.14. The van der Waals surface area contributed by atoms with Crippen molar-refractivity contribution in [1.29, 1.82) is 0 Å². The minimum Gasteiger partial charge on any atom is -0.367 e. The molecule has 112 valence electrons. The molecule has 0 aliphatic carbocycles. The summed E-state index contributed by atoms with van der Waals surface area (Å²) >= 11 is 0. The van der Waals surface area contributed by atoms with Crippen molar-refractivity contribution in [2.75, 3.05) is 31.1 Å². The van der Waals surface area contributed by atoms with Gasteiger partial charge in [-0.25, -0.2) is 4.39 Å². The molecular weight excluding hydrogens is 267 g/mol. The number of rotatable bonds is 3. The summed E-state index contributed by atoms with van der Waals surface area (Å²) in [6.45, 7) is 6.52. The lowest BCUT2D eigenvalue weighted by Crippen LogP contribution is -2.46. The summed E-state index contributed by atoms with van der Waals surface area (Å²) in [5.41, 5.74) is 3.00. The molecule has 0 bridgehead atoms. The fourth-order valence-corrected chi connectivity index (χ4v) is 2.90. The van der Waals surface area contributed by atoms with Crippen molar-refractivity contribution in [3.05, 3.63) is 47.5 Å². The summed E-state index contributed by atoms with van der Waals surface area (Å²) in [7, 11) is 1.98. The second-order valence-electron chi connectivity index (χ2n) is 5.62. The molecule has 0 amide bonds. The Morgan fingerprint density at radius 3 is 2.48 bits per heavy atom. The Morgan fingerprint density at radius 2 is 1.86 bits per heavy atom. The molecule has 1 aromatic heterocycles. The molecule has 1 saturated heterocycles. The second-order valence-corrected chi connectivity index (χ2v) is 5.62. The van der Waals surface area contributed by atoms with Gasteiger partial charge in [0.05, 0.1) is 17.1 Å². The lowest BCUT2D eigenvalue weighted by Gasteiger charge is -2.36. The van der Waals surface area contributed by atoms with Crippen molar-refractivity contribution in [2.45, 2.75) is 13.5 Å². The number of aryl methyl sites for hydroxylation is 2. The van der Waals surface area contributed by atoms with E-state index in [4.69, 9.17) is 0 Å². The molecule has 2 heterocycles. The van der Waals surface area contributed by atoms with Gasteiger partial charge in [0.1, 0.15) is 5.82 Å². The predicted molar refractivity (Wildman–Crippen MR) is 81.8 cm³/mol. The van der Waals surface area contributed by atoms with Gasteiger partial charge in [-0.3, -0.25) is 9.58 Å². The minimum atomic E-state index is -0.131. The number of para-hydroxylation sites is 1. The lowest BCUT2D eigenvalue weighted by molar-refractivity contribution is 0.243. The second kappa shape index (κ2) is 5.85. The molecule has 0 saturated carbocycles. The molecule has 1 aromatic carbocycles. The number of aromatic nitrogens is 2. The van der Waals surface area contributed by atoms with Crippen LogP contribution < -0.4 is 4.90 Å². The number of piperazine rings is 1. The normalized spacial score (nSPS) is 16.4. The molecule has 3 rings (SSSR count). The Balaban J connectivity index is 1.60. The topological polar surface area (TPSA) is 24.3 Å². The summed E-state index contributed by atoms with van der Waals surface area (Å²) in [6.07, 6.45) is 0. The summed E-state index contributed by atoms with van der Waals surface area (Å²) in [4.78, 5) is 4.52. The number of hydrogen-bond donors (Lipinski definition) is 0. The van der Waals surface area contributed by atoms with Crippen molar-refractivity contribution >= 4 is 5.69 Å². The van der Waals surface area contributed by atoms with E-state index >= 15 is 0 Å². The molecule has 0 N–H and O–H groups in total. The number of benzene rings is 1. The van der Waals surface area contributed by atoms with Gasteiger partial charge in [0.25, 0.3) is 0 Å². The molecular formula is C16H21FN4. The van der Waals surface area contributed by atoms with E-state index < -0.39 is 0 Å². The van der Waals surface area contributed by atoms with Crippen LogP contribution in [0.3, 0.4) is 0 Å². The number of halogens is 1. The zero-order valence-electron chi connectivity index (χ0n) is 12.6. The van der Waals surface area contributed by atoms with Gasteiger partial charge < -0.3 is 4.90 Å². The Hall–Kier alpha value is -1.88. The van der Waals surface area contributed by atoms with E-state index in [2.05, 4.69) is 21.0 Å². The highest BCUT2D eigenvalue weighted by atomic mass is 19.1.